The highest BCUT2D eigenvalue weighted by Gasteiger charge is 2.04. The van der Waals surface area contributed by atoms with Gasteiger partial charge in [0.2, 0.25) is 0 Å². The molecule has 2 aromatic rings. The summed E-state index contributed by atoms with van der Waals surface area (Å²) < 4.78 is 31.5. The largest absolute Gasteiger partial charge is 0.486 e. The summed E-state index contributed by atoms with van der Waals surface area (Å²) >= 11 is 0. The SMILES string of the molecule is Nc1ccc(OCc2cccc(F)c2)c(F)c1. The summed E-state index contributed by atoms with van der Waals surface area (Å²) in [5, 5.41) is 0. The van der Waals surface area contributed by atoms with Crippen molar-refractivity contribution in [3.8, 4) is 5.75 Å². The highest BCUT2D eigenvalue weighted by Crippen LogP contribution is 2.20. The van der Waals surface area contributed by atoms with Gasteiger partial charge in [-0.3, -0.25) is 0 Å². The summed E-state index contributed by atoms with van der Waals surface area (Å²) in [5.41, 5.74) is 6.38. The molecule has 0 radical (unpaired) electrons. The van der Waals surface area contributed by atoms with E-state index in [1.165, 1.54) is 24.3 Å². The van der Waals surface area contributed by atoms with Crippen molar-refractivity contribution >= 4 is 5.69 Å². The highest BCUT2D eigenvalue weighted by atomic mass is 19.1. The van der Waals surface area contributed by atoms with Gasteiger partial charge in [-0.2, -0.15) is 0 Å². The number of halogens is 2. The lowest BCUT2D eigenvalue weighted by molar-refractivity contribution is 0.290. The van der Waals surface area contributed by atoms with Gasteiger partial charge in [0.05, 0.1) is 0 Å². The first-order valence-electron chi connectivity index (χ1n) is 5.07. The summed E-state index contributed by atoms with van der Waals surface area (Å²) in [4.78, 5) is 0. The summed E-state index contributed by atoms with van der Waals surface area (Å²) in [6, 6.07) is 10.1. The average molecular weight is 235 g/mol. The second kappa shape index (κ2) is 4.82. The van der Waals surface area contributed by atoms with Gasteiger partial charge in [0.15, 0.2) is 11.6 Å². The number of rotatable bonds is 3. The molecule has 0 unspecified atom stereocenters. The molecular weight excluding hydrogens is 224 g/mol. The molecule has 2 N–H and O–H groups in total. The number of benzene rings is 2. The van der Waals surface area contributed by atoms with Crippen molar-refractivity contribution < 1.29 is 13.5 Å². The number of anilines is 1. The van der Waals surface area contributed by atoms with E-state index in [1.54, 1.807) is 18.2 Å². The lowest BCUT2D eigenvalue weighted by Crippen LogP contribution is -1.98. The van der Waals surface area contributed by atoms with Gasteiger partial charge in [-0.1, -0.05) is 12.1 Å². The Balaban J connectivity index is 2.07. The fraction of sp³-hybridized carbons (Fsp3) is 0.0769. The van der Waals surface area contributed by atoms with Crippen LogP contribution >= 0.6 is 0 Å². The molecule has 0 spiro atoms. The first-order valence-corrected chi connectivity index (χ1v) is 5.07. The molecule has 17 heavy (non-hydrogen) atoms. The van der Waals surface area contributed by atoms with Crippen LogP contribution in [0.15, 0.2) is 42.5 Å². The van der Waals surface area contributed by atoms with E-state index in [1.807, 2.05) is 0 Å². The van der Waals surface area contributed by atoms with E-state index in [-0.39, 0.29) is 18.2 Å². The normalized spacial score (nSPS) is 10.2. The number of hydrogen-bond acceptors (Lipinski definition) is 2. The fourth-order valence-electron chi connectivity index (χ4n) is 1.42. The highest BCUT2D eigenvalue weighted by molar-refractivity contribution is 5.42. The van der Waals surface area contributed by atoms with Gasteiger partial charge < -0.3 is 10.5 Å². The van der Waals surface area contributed by atoms with Gasteiger partial charge in [0.1, 0.15) is 12.4 Å². The molecular formula is C13H11F2NO. The Labute approximate surface area is 97.6 Å². The summed E-state index contributed by atoms with van der Waals surface area (Å²) in [6.07, 6.45) is 0. The van der Waals surface area contributed by atoms with E-state index in [2.05, 4.69) is 0 Å². The van der Waals surface area contributed by atoms with Crippen molar-refractivity contribution in [2.75, 3.05) is 5.73 Å². The van der Waals surface area contributed by atoms with Crippen molar-refractivity contribution in [2.24, 2.45) is 0 Å². The van der Waals surface area contributed by atoms with E-state index in [0.717, 1.165) is 0 Å². The predicted molar refractivity (Wildman–Crippen MR) is 61.5 cm³/mol. The molecule has 0 aliphatic carbocycles. The zero-order valence-corrected chi connectivity index (χ0v) is 8.99. The Kier molecular flexibility index (Phi) is 3.23. The molecule has 0 atom stereocenters. The Hall–Kier alpha value is -2.10. The number of ether oxygens (including phenoxy) is 1. The average Bonchev–Trinajstić information content (AvgIpc) is 2.28. The third kappa shape index (κ3) is 2.93. The Morgan fingerprint density at radius 1 is 1.06 bits per heavy atom. The lowest BCUT2D eigenvalue weighted by atomic mass is 10.2. The molecule has 0 bridgehead atoms. The number of nitrogen functional groups attached to an aromatic ring is 1. The molecule has 0 aromatic heterocycles. The smallest absolute Gasteiger partial charge is 0.167 e. The number of nitrogens with two attached hydrogens (primary N) is 1. The van der Waals surface area contributed by atoms with Gasteiger partial charge >= 0.3 is 0 Å². The molecule has 0 aliphatic rings. The van der Waals surface area contributed by atoms with Crippen LogP contribution in [0.4, 0.5) is 14.5 Å². The summed E-state index contributed by atoms with van der Waals surface area (Å²) in [7, 11) is 0. The van der Waals surface area contributed by atoms with E-state index in [9.17, 15) is 8.78 Å². The standard InChI is InChI=1S/C13H11F2NO/c14-10-3-1-2-9(6-10)8-17-13-5-4-11(16)7-12(13)15/h1-7H,8,16H2. The van der Waals surface area contributed by atoms with Crippen LogP contribution in [0.2, 0.25) is 0 Å². The molecule has 88 valence electrons. The van der Waals surface area contributed by atoms with E-state index >= 15 is 0 Å². The molecule has 0 amide bonds. The minimum atomic E-state index is -0.526. The van der Waals surface area contributed by atoms with Gasteiger partial charge in [-0.15, -0.1) is 0 Å². The van der Waals surface area contributed by atoms with E-state index in [4.69, 9.17) is 10.5 Å². The Morgan fingerprint density at radius 3 is 2.59 bits per heavy atom. The first-order chi connectivity index (χ1) is 8.15. The molecule has 4 heteroatoms. The Morgan fingerprint density at radius 2 is 1.88 bits per heavy atom. The van der Waals surface area contributed by atoms with Crippen LogP contribution < -0.4 is 10.5 Å². The molecule has 0 fully saturated rings. The van der Waals surface area contributed by atoms with Crippen LogP contribution in [0.25, 0.3) is 0 Å². The van der Waals surface area contributed by atoms with Gasteiger partial charge in [-0.25, -0.2) is 8.78 Å². The zero-order valence-electron chi connectivity index (χ0n) is 8.99. The molecule has 0 saturated carbocycles. The topological polar surface area (TPSA) is 35.2 Å². The van der Waals surface area contributed by atoms with E-state index in [0.29, 0.717) is 11.3 Å². The van der Waals surface area contributed by atoms with Crippen molar-refractivity contribution in [3.05, 3.63) is 59.7 Å². The van der Waals surface area contributed by atoms with Crippen LogP contribution in [0, 0.1) is 11.6 Å². The molecule has 0 heterocycles. The van der Waals surface area contributed by atoms with Crippen LogP contribution in [-0.2, 0) is 6.61 Å². The third-order valence-electron chi connectivity index (χ3n) is 2.24. The first kappa shape index (κ1) is 11.4. The molecule has 2 aromatic carbocycles. The van der Waals surface area contributed by atoms with Crippen LogP contribution in [0.5, 0.6) is 5.75 Å². The monoisotopic (exact) mass is 235 g/mol. The molecule has 2 nitrogen and oxygen atoms in total. The fourth-order valence-corrected chi connectivity index (χ4v) is 1.42. The Bertz CT molecular complexity index is 529. The minimum absolute atomic E-state index is 0.100. The maximum absolute atomic E-state index is 13.4. The minimum Gasteiger partial charge on any atom is -0.486 e. The quantitative estimate of drug-likeness (QED) is 0.829. The van der Waals surface area contributed by atoms with Crippen molar-refractivity contribution in [3.63, 3.8) is 0 Å². The zero-order chi connectivity index (χ0) is 12.3. The second-order valence-corrected chi connectivity index (χ2v) is 3.61. The van der Waals surface area contributed by atoms with Gasteiger partial charge in [0, 0.05) is 11.8 Å². The third-order valence-corrected chi connectivity index (χ3v) is 2.24. The van der Waals surface area contributed by atoms with Gasteiger partial charge in [0.25, 0.3) is 0 Å². The maximum atomic E-state index is 13.4. The van der Waals surface area contributed by atoms with Crippen molar-refractivity contribution in [2.45, 2.75) is 6.61 Å². The van der Waals surface area contributed by atoms with Crippen LogP contribution in [-0.4, -0.2) is 0 Å². The predicted octanol–water partition coefficient (Wildman–Crippen LogP) is 3.13. The maximum Gasteiger partial charge on any atom is 0.167 e. The van der Waals surface area contributed by atoms with Crippen molar-refractivity contribution in [1.29, 1.82) is 0 Å². The lowest BCUT2D eigenvalue weighted by Gasteiger charge is -2.07. The summed E-state index contributed by atoms with van der Waals surface area (Å²) in [6.45, 7) is 0.110. The van der Waals surface area contributed by atoms with Crippen LogP contribution in [0.1, 0.15) is 5.56 Å². The van der Waals surface area contributed by atoms with E-state index < -0.39 is 5.82 Å². The molecule has 0 saturated heterocycles. The second-order valence-electron chi connectivity index (χ2n) is 3.61. The molecule has 2 rings (SSSR count). The van der Waals surface area contributed by atoms with Gasteiger partial charge in [-0.05, 0) is 29.8 Å². The number of hydrogen-bond donors (Lipinski definition) is 1. The van der Waals surface area contributed by atoms with Crippen molar-refractivity contribution in [1.82, 2.24) is 0 Å². The van der Waals surface area contributed by atoms with Crippen LogP contribution in [0.3, 0.4) is 0 Å². The molecule has 0 aliphatic heterocycles. The summed E-state index contributed by atoms with van der Waals surface area (Å²) in [5.74, 6) is -0.770.